The van der Waals surface area contributed by atoms with E-state index in [4.69, 9.17) is 0 Å². The fourth-order valence-corrected chi connectivity index (χ4v) is 1.22. The first kappa shape index (κ1) is 9.96. The molecule has 0 aromatic carbocycles. The van der Waals surface area contributed by atoms with Crippen LogP contribution in [0.3, 0.4) is 0 Å². The van der Waals surface area contributed by atoms with Crippen LogP contribution in [0.15, 0.2) is 4.79 Å². The number of nitrogens with one attached hydrogen (secondary N) is 1. The van der Waals surface area contributed by atoms with Crippen molar-refractivity contribution in [3.63, 3.8) is 0 Å². The molecule has 72 valence electrons. The Labute approximate surface area is 78.2 Å². The van der Waals surface area contributed by atoms with Gasteiger partial charge in [-0.2, -0.15) is 0 Å². The first-order valence-electron chi connectivity index (χ1n) is 4.66. The summed E-state index contributed by atoms with van der Waals surface area (Å²) in [6, 6.07) is 0. The minimum atomic E-state index is -0.00412. The van der Waals surface area contributed by atoms with Gasteiger partial charge in [-0.25, -0.2) is 4.98 Å². The molecule has 1 N–H and O–H groups in total. The second kappa shape index (κ2) is 3.73. The van der Waals surface area contributed by atoms with Crippen LogP contribution in [0, 0.1) is 6.92 Å². The lowest BCUT2D eigenvalue weighted by Crippen LogP contribution is -2.18. The monoisotopic (exact) mass is 180 g/mol. The number of aryl methyl sites for hydroxylation is 1. The molecule has 1 heterocycles. The van der Waals surface area contributed by atoms with E-state index in [0.717, 1.165) is 23.5 Å². The standard InChI is InChI=1S/C10H16N2O/c1-5-8-7(4)10(13)12-9(11-8)6(2)3/h6H,5H2,1-4H3,(H,11,12,13). The van der Waals surface area contributed by atoms with Crippen molar-refractivity contribution >= 4 is 0 Å². The Hall–Kier alpha value is -1.12. The maximum Gasteiger partial charge on any atom is 0.254 e. The summed E-state index contributed by atoms with van der Waals surface area (Å²) in [4.78, 5) is 18.6. The van der Waals surface area contributed by atoms with Gasteiger partial charge < -0.3 is 4.98 Å². The fraction of sp³-hybridized carbons (Fsp3) is 0.600. The van der Waals surface area contributed by atoms with Crippen molar-refractivity contribution in [3.05, 3.63) is 27.4 Å². The van der Waals surface area contributed by atoms with E-state index >= 15 is 0 Å². The van der Waals surface area contributed by atoms with Crippen molar-refractivity contribution in [2.45, 2.75) is 40.0 Å². The lowest BCUT2D eigenvalue weighted by atomic mass is 10.1. The number of nitrogens with zero attached hydrogens (tertiary/aromatic N) is 1. The molecular formula is C10H16N2O. The van der Waals surface area contributed by atoms with Gasteiger partial charge in [0.1, 0.15) is 5.82 Å². The van der Waals surface area contributed by atoms with Gasteiger partial charge in [-0.05, 0) is 13.3 Å². The predicted molar refractivity (Wildman–Crippen MR) is 53.1 cm³/mol. The summed E-state index contributed by atoms with van der Waals surface area (Å²) in [6.45, 7) is 7.87. The summed E-state index contributed by atoms with van der Waals surface area (Å²) in [5, 5.41) is 0. The maximum absolute atomic E-state index is 11.4. The molecule has 0 amide bonds. The van der Waals surface area contributed by atoms with Gasteiger partial charge in [-0.3, -0.25) is 4.79 Å². The van der Waals surface area contributed by atoms with Gasteiger partial charge in [0.15, 0.2) is 0 Å². The zero-order valence-electron chi connectivity index (χ0n) is 8.64. The van der Waals surface area contributed by atoms with Crippen molar-refractivity contribution in [1.29, 1.82) is 0 Å². The van der Waals surface area contributed by atoms with Crippen molar-refractivity contribution in [2.24, 2.45) is 0 Å². The summed E-state index contributed by atoms with van der Waals surface area (Å²) < 4.78 is 0. The summed E-state index contributed by atoms with van der Waals surface area (Å²) in [6.07, 6.45) is 0.815. The van der Waals surface area contributed by atoms with Gasteiger partial charge in [-0.1, -0.05) is 20.8 Å². The minimum absolute atomic E-state index is 0.00412. The van der Waals surface area contributed by atoms with Crippen molar-refractivity contribution in [1.82, 2.24) is 9.97 Å². The molecule has 0 saturated heterocycles. The lowest BCUT2D eigenvalue weighted by molar-refractivity contribution is 0.744. The average molecular weight is 180 g/mol. The second-order valence-electron chi connectivity index (χ2n) is 3.53. The molecule has 0 aliphatic heterocycles. The molecule has 0 bridgehead atoms. The van der Waals surface area contributed by atoms with Crippen LogP contribution >= 0.6 is 0 Å². The third kappa shape index (κ3) is 1.97. The smallest absolute Gasteiger partial charge is 0.254 e. The van der Waals surface area contributed by atoms with Crippen LogP contribution in [0.5, 0.6) is 0 Å². The molecule has 1 aromatic heterocycles. The maximum atomic E-state index is 11.4. The van der Waals surface area contributed by atoms with Crippen LogP contribution in [0.2, 0.25) is 0 Å². The average Bonchev–Trinajstić information content (AvgIpc) is 2.09. The Morgan fingerprint density at radius 3 is 2.54 bits per heavy atom. The third-order valence-corrected chi connectivity index (χ3v) is 2.15. The minimum Gasteiger partial charge on any atom is -0.310 e. The van der Waals surface area contributed by atoms with E-state index in [0.29, 0.717) is 0 Å². The van der Waals surface area contributed by atoms with Gasteiger partial charge in [0.05, 0.1) is 5.69 Å². The van der Waals surface area contributed by atoms with E-state index in [-0.39, 0.29) is 11.5 Å². The number of aromatic amines is 1. The molecule has 1 aromatic rings. The molecular weight excluding hydrogens is 164 g/mol. The fourth-order valence-electron chi connectivity index (χ4n) is 1.22. The van der Waals surface area contributed by atoms with E-state index in [1.165, 1.54) is 0 Å². The summed E-state index contributed by atoms with van der Waals surface area (Å²) in [7, 11) is 0. The van der Waals surface area contributed by atoms with E-state index < -0.39 is 0 Å². The van der Waals surface area contributed by atoms with Gasteiger partial charge in [-0.15, -0.1) is 0 Å². The molecule has 0 aliphatic carbocycles. The molecule has 1 rings (SSSR count). The van der Waals surface area contributed by atoms with E-state index in [1.54, 1.807) is 0 Å². The highest BCUT2D eigenvalue weighted by molar-refractivity contribution is 5.16. The summed E-state index contributed by atoms with van der Waals surface area (Å²) in [5.41, 5.74) is 1.65. The van der Waals surface area contributed by atoms with E-state index in [2.05, 4.69) is 9.97 Å². The van der Waals surface area contributed by atoms with Gasteiger partial charge in [0, 0.05) is 11.5 Å². The predicted octanol–water partition coefficient (Wildman–Crippen LogP) is 1.76. The SMILES string of the molecule is CCc1nc(C(C)C)[nH]c(=O)c1C. The molecule has 3 heteroatoms. The Morgan fingerprint density at radius 1 is 1.46 bits per heavy atom. The van der Waals surface area contributed by atoms with E-state index in [1.807, 2.05) is 27.7 Å². The zero-order chi connectivity index (χ0) is 10.0. The molecule has 0 saturated carbocycles. The Bertz CT molecular complexity index is 352. The molecule has 0 aliphatic rings. The Morgan fingerprint density at radius 2 is 2.08 bits per heavy atom. The first-order chi connectivity index (χ1) is 6.06. The van der Waals surface area contributed by atoms with Crippen molar-refractivity contribution in [3.8, 4) is 0 Å². The number of H-pyrrole nitrogens is 1. The van der Waals surface area contributed by atoms with Crippen LogP contribution in [0.4, 0.5) is 0 Å². The Balaban J connectivity index is 3.31. The topological polar surface area (TPSA) is 45.8 Å². The Kier molecular flexibility index (Phi) is 2.86. The van der Waals surface area contributed by atoms with Gasteiger partial charge in [0.25, 0.3) is 5.56 Å². The van der Waals surface area contributed by atoms with Crippen LogP contribution in [-0.2, 0) is 6.42 Å². The van der Waals surface area contributed by atoms with Crippen LogP contribution < -0.4 is 5.56 Å². The highest BCUT2D eigenvalue weighted by Gasteiger charge is 2.07. The zero-order valence-corrected chi connectivity index (χ0v) is 8.64. The van der Waals surface area contributed by atoms with Crippen molar-refractivity contribution in [2.75, 3.05) is 0 Å². The molecule has 0 fully saturated rings. The van der Waals surface area contributed by atoms with Crippen LogP contribution in [0.1, 0.15) is 43.8 Å². The largest absolute Gasteiger partial charge is 0.310 e. The number of hydrogen-bond donors (Lipinski definition) is 1. The lowest BCUT2D eigenvalue weighted by Gasteiger charge is -2.07. The highest BCUT2D eigenvalue weighted by Crippen LogP contribution is 2.08. The quantitative estimate of drug-likeness (QED) is 0.753. The first-order valence-corrected chi connectivity index (χ1v) is 4.66. The number of hydrogen-bond acceptors (Lipinski definition) is 2. The molecule has 0 radical (unpaired) electrons. The van der Waals surface area contributed by atoms with E-state index in [9.17, 15) is 4.79 Å². The molecule has 0 spiro atoms. The summed E-state index contributed by atoms with van der Waals surface area (Å²) in [5.74, 6) is 1.06. The second-order valence-corrected chi connectivity index (χ2v) is 3.53. The van der Waals surface area contributed by atoms with Crippen LogP contribution in [-0.4, -0.2) is 9.97 Å². The number of aromatic nitrogens is 2. The van der Waals surface area contributed by atoms with Crippen LogP contribution in [0.25, 0.3) is 0 Å². The molecule has 0 atom stereocenters. The van der Waals surface area contributed by atoms with Gasteiger partial charge in [0.2, 0.25) is 0 Å². The molecule has 0 unspecified atom stereocenters. The number of rotatable bonds is 2. The molecule has 13 heavy (non-hydrogen) atoms. The highest BCUT2D eigenvalue weighted by atomic mass is 16.1. The molecule has 3 nitrogen and oxygen atoms in total. The summed E-state index contributed by atoms with van der Waals surface area (Å²) >= 11 is 0. The normalized spacial score (nSPS) is 10.8. The third-order valence-electron chi connectivity index (χ3n) is 2.15. The van der Waals surface area contributed by atoms with Gasteiger partial charge >= 0.3 is 0 Å². The van der Waals surface area contributed by atoms with Crippen molar-refractivity contribution < 1.29 is 0 Å².